The fraction of sp³-hybridized carbons (Fsp3) is 0.429. The van der Waals surface area contributed by atoms with Gasteiger partial charge in [-0.2, -0.15) is 5.10 Å². The third kappa shape index (κ3) is 4.65. The van der Waals surface area contributed by atoms with E-state index in [2.05, 4.69) is 5.10 Å². The van der Waals surface area contributed by atoms with Crippen LogP contribution in [0.5, 0.6) is 0 Å². The van der Waals surface area contributed by atoms with Crippen molar-refractivity contribution in [3.63, 3.8) is 0 Å². The SMILES string of the molecule is CC[C@@H]1CN(C(=O)Cn2nc(C)ccc2=O)CCC(=O)N1Cc1ccccc1. The normalized spacial score (nSPS) is 17.5. The van der Waals surface area contributed by atoms with Crippen LogP contribution >= 0.6 is 0 Å². The molecular formula is C21H26N4O3. The molecule has 1 aliphatic heterocycles. The molecule has 1 aliphatic rings. The largest absolute Gasteiger partial charge is 0.339 e. The number of carbonyl (C=O) groups excluding carboxylic acids is 2. The van der Waals surface area contributed by atoms with Crippen molar-refractivity contribution < 1.29 is 9.59 Å². The minimum Gasteiger partial charge on any atom is -0.339 e. The van der Waals surface area contributed by atoms with E-state index in [4.69, 9.17) is 0 Å². The number of aromatic nitrogens is 2. The van der Waals surface area contributed by atoms with Gasteiger partial charge in [0.15, 0.2) is 0 Å². The zero-order valence-electron chi connectivity index (χ0n) is 16.4. The first-order chi connectivity index (χ1) is 13.5. The molecule has 0 spiro atoms. The summed E-state index contributed by atoms with van der Waals surface area (Å²) in [5.74, 6) is -0.134. The highest BCUT2D eigenvalue weighted by Crippen LogP contribution is 2.18. The summed E-state index contributed by atoms with van der Waals surface area (Å²) in [5.41, 5.74) is 1.45. The monoisotopic (exact) mass is 382 g/mol. The van der Waals surface area contributed by atoms with Gasteiger partial charge in [0.1, 0.15) is 6.54 Å². The summed E-state index contributed by atoms with van der Waals surface area (Å²) in [6, 6.07) is 12.9. The van der Waals surface area contributed by atoms with E-state index in [0.29, 0.717) is 25.3 Å². The molecule has 148 valence electrons. The van der Waals surface area contributed by atoms with Crippen LogP contribution in [0.15, 0.2) is 47.3 Å². The molecule has 7 nitrogen and oxygen atoms in total. The summed E-state index contributed by atoms with van der Waals surface area (Å²) in [6.45, 7) is 5.06. The van der Waals surface area contributed by atoms with Crippen molar-refractivity contribution >= 4 is 11.8 Å². The van der Waals surface area contributed by atoms with Gasteiger partial charge in [-0.1, -0.05) is 37.3 Å². The Morgan fingerprint density at radius 2 is 1.89 bits per heavy atom. The lowest BCUT2D eigenvalue weighted by Crippen LogP contribution is -2.45. The summed E-state index contributed by atoms with van der Waals surface area (Å²) >= 11 is 0. The quantitative estimate of drug-likeness (QED) is 0.787. The molecule has 1 aromatic carbocycles. The molecule has 0 N–H and O–H groups in total. The van der Waals surface area contributed by atoms with Crippen LogP contribution in [0.4, 0.5) is 0 Å². The predicted octanol–water partition coefficient (Wildman–Crippen LogP) is 1.59. The fourth-order valence-corrected chi connectivity index (χ4v) is 3.49. The lowest BCUT2D eigenvalue weighted by molar-refractivity contribution is -0.133. The van der Waals surface area contributed by atoms with Crippen LogP contribution in [-0.2, 0) is 22.7 Å². The average Bonchev–Trinajstić information content (AvgIpc) is 2.85. The van der Waals surface area contributed by atoms with Gasteiger partial charge in [-0.3, -0.25) is 14.4 Å². The second-order valence-electron chi connectivity index (χ2n) is 7.13. The molecule has 3 rings (SSSR count). The molecule has 1 aromatic heterocycles. The summed E-state index contributed by atoms with van der Waals surface area (Å²) in [6.07, 6.45) is 1.04. The number of nitrogens with zero attached hydrogens (tertiary/aromatic N) is 4. The van der Waals surface area contributed by atoms with E-state index >= 15 is 0 Å². The number of hydrogen-bond donors (Lipinski definition) is 0. The van der Waals surface area contributed by atoms with Gasteiger partial charge in [0.2, 0.25) is 11.8 Å². The van der Waals surface area contributed by atoms with E-state index in [9.17, 15) is 14.4 Å². The second-order valence-corrected chi connectivity index (χ2v) is 7.13. The highest BCUT2D eigenvalue weighted by atomic mass is 16.2. The van der Waals surface area contributed by atoms with Gasteiger partial charge in [0.25, 0.3) is 5.56 Å². The number of carbonyl (C=O) groups is 2. The van der Waals surface area contributed by atoms with Crippen molar-refractivity contribution in [3.05, 3.63) is 64.1 Å². The molecule has 2 heterocycles. The van der Waals surface area contributed by atoms with Gasteiger partial charge >= 0.3 is 0 Å². The second kappa shape index (κ2) is 8.82. The Balaban J connectivity index is 1.74. The van der Waals surface area contributed by atoms with Crippen LogP contribution in [0.25, 0.3) is 0 Å². The van der Waals surface area contributed by atoms with Gasteiger partial charge in [-0.05, 0) is 25.0 Å². The van der Waals surface area contributed by atoms with E-state index in [0.717, 1.165) is 12.0 Å². The molecule has 0 radical (unpaired) electrons. The summed E-state index contributed by atoms with van der Waals surface area (Å²) in [5, 5.41) is 4.14. The topological polar surface area (TPSA) is 75.5 Å². The van der Waals surface area contributed by atoms with E-state index in [1.165, 1.54) is 10.7 Å². The first kappa shape index (κ1) is 19.8. The number of rotatable bonds is 5. The molecule has 1 fully saturated rings. The molecule has 0 aliphatic carbocycles. The van der Waals surface area contributed by atoms with Crippen molar-refractivity contribution in [2.45, 2.75) is 45.8 Å². The molecule has 2 amide bonds. The standard InChI is InChI=1S/C21H26N4O3/c1-3-18-14-23(21(28)15-25-20(27)10-9-16(2)22-25)12-11-19(26)24(18)13-17-7-5-4-6-8-17/h4-10,18H,3,11-15H2,1-2H3/t18-/m1/s1. The molecule has 1 atom stereocenters. The number of hydrogen-bond acceptors (Lipinski definition) is 4. The molecule has 0 bridgehead atoms. The predicted molar refractivity (Wildman–Crippen MR) is 106 cm³/mol. The van der Waals surface area contributed by atoms with Crippen LogP contribution in [0, 0.1) is 6.92 Å². The Hall–Kier alpha value is -2.96. The van der Waals surface area contributed by atoms with Crippen molar-refractivity contribution in [2.24, 2.45) is 0 Å². The van der Waals surface area contributed by atoms with Gasteiger partial charge in [-0.25, -0.2) is 4.68 Å². The van der Waals surface area contributed by atoms with E-state index < -0.39 is 0 Å². The van der Waals surface area contributed by atoms with Crippen molar-refractivity contribution in [3.8, 4) is 0 Å². The van der Waals surface area contributed by atoms with Crippen molar-refractivity contribution in [2.75, 3.05) is 13.1 Å². The number of amides is 2. The third-order valence-corrected chi connectivity index (χ3v) is 5.09. The summed E-state index contributed by atoms with van der Waals surface area (Å²) in [7, 11) is 0. The van der Waals surface area contributed by atoms with Gasteiger partial charge in [0, 0.05) is 38.2 Å². The van der Waals surface area contributed by atoms with Crippen molar-refractivity contribution in [1.82, 2.24) is 19.6 Å². The Morgan fingerprint density at radius 3 is 2.61 bits per heavy atom. The minimum absolute atomic E-state index is 0.0526. The van der Waals surface area contributed by atoms with E-state index in [1.807, 2.05) is 42.2 Å². The number of aryl methyl sites for hydroxylation is 1. The number of benzene rings is 1. The Kier molecular flexibility index (Phi) is 6.23. The summed E-state index contributed by atoms with van der Waals surface area (Å²) < 4.78 is 1.19. The Morgan fingerprint density at radius 1 is 1.14 bits per heavy atom. The van der Waals surface area contributed by atoms with Gasteiger partial charge in [0.05, 0.1) is 5.69 Å². The lowest BCUT2D eigenvalue weighted by atomic mass is 10.1. The van der Waals surface area contributed by atoms with E-state index in [-0.39, 0.29) is 36.4 Å². The van der Waals surface area contributed by atoms with Crippen LogP contribution in [-0.4, -0.2) is 50.5 Å². The maximum Gasteiger partial charge on any atom is 0.267 e. The Labute approximate surface area is 164 Å². The zero-order chi connectivity index (χ0) is 20.1. The van der Waals surface area contributed by atoms with Gasteiger partial charge < -0.3 is 9.80 Å². The van der Waals surface area contributed by atoms with Crippen LogP contribution in [0.2, 0.25) is 0 Å². The van der Waals surface area contributed by atoms with Crippen LogP contribution in [0.1, 0.15) is 31.0 Å². The highest BCUT2D eigenvalue weighted by Gasteiger charge is 2.30. The zero-order valence-corrected chi connectivity index (χ0v) is 16.4. The lowest BCUT2D eigenvalue weighted by Gasteiger charge is -2.31. The first-order valence-electron chi connectivity index (χ1n) is 9.64. The molecule has 28 heavy (non-hydrogen) atoms. The molecule has 0 unspecified atom stereocenters. The molecule has 0 saturated carbocycles. The Bertz CT molecular complexity index is 894. The molecule has 1 saturated heterocycles. The maximum absolute atomic E-state index is 12.8. The minimum atomic E-state index is -0.303. The molecule has 7 heteroatoms. The fourth-order valence-electron chi connectivity index (χ4n) is 3.49. The smallest absolute Gasteiger partial charge is 0.267 e. The highest BCUT2D eigenvalue weighted by molar-refractivity contribution is 5.80. The van der Waals surface area contributed by atoms with Crippen LogP contribution < -0.4 is 5.56 Å². The third-order valence-electron chi connectivity index (χ3n) is 5.09. The molecular weight excluding hydrogens is 356 g/mol. The molecule has 2 aromatic rings. The summed E-state index contributed by atoms with van der Waals surface area (Å²) in [4.78, 5) is 41.1. The van der Waals surface area contributed by atoms with E-state index in [1.54, 1.807) is 17.9 Å². The van der Waals surface area contributed by atoms with Crippen LogP contribution in [0.3, 0.4) is 0 Å². The maximum atomic E-state index is 12.8. The average molecular weight is 382 g/mol. The van der Waals surface area contributed by atoms with Gasteiger partial charge in [-0.15, -0.1) is 0 Å². The van der Waals surface area contributed by atoms with Crippen molar-refractivity contribution in [1.29, 1.82) is 0 Å². The first-order valence-corrected chi connectivity index (χ1v) is 9.64.